The summed E-state index contributed by atoms with van der Waals surface area (Å²) in [5.41, 5.74) is 0. The average Bonchev–Trinajstić information content (AvgIpc) is 2.74. The van der Waals surface area contributed by atoms with Crippen LogP contribution >= 0.6 is 0 Å². The topological polar surface area (TPSA) is 56.2 Å². The van der Waals surface area contributed by atoms with Crippen LogP contribution in [-0.2, 0) is 9.53 Å². The molecule has 0 bridgehead atoms. The van der Waals surface area contributed by atoms with Gasteiger partial charge >= 0.3 is 0 Å². The number of rotatable bonds is 5. The average molecular weight is 225 g/mol. The number of aromatic nitrogens is 2. The van der Waals surface area contributed by atoms with Crippen molar-refractivity contribution in [3.05, 3.63) is 12.3 Å². The number of methoxy groups -OCH3 is 1. The first-order valence-corrected chi connectivity index (χ1v) is 5.47. The van der Waals surface area contributed by atoms with Crippen LogP contribution in [0.2, 0.25) is 0 Å². The summed E-state index contributed by atoms with van der Waals surface area (Å²) in [6.07, 6.45) is 2.18. The Bertz CT molecular complexity index is 349. The van der Waals surface area contributed by atoms with Gasteiger partial charge in [-0.2, -0.15) is 5.10 Å². The predicted molar refractivity (Wildman–Crippen MR) is 62.3 cm³/mol. The third-order valence-corrected chi connectivity index (χ3v) is 2.65. The number of nitrogens with one attached hydrogen (secondary N) is 1. The highest BCUT2D eigenvalue weighted by molar-refractivity contribution is 5.93. The summed E-state index contributed by atoms with van der Waals surface area (Å²) in [5.74, 6) is 0.552. The zero-order chi connectivity index (χ0) is 12.1. The number of ether oxygens (including phenoxy) is 1. The fraction of sp³-hybridized carbons (Fsp3) is 0.636. The van der Waals surface area contributed by atoms with Crippen molar-refractivity contribution < 1.29 is 9.53 Å². The molecule has 2 atom stereocenters. The number of hydrogen-bond donors (Lipinski definition) is 1. The van der Waals surface area contributed by atoms with E-state index in [2.05, 4.69) is 24.3 Å². The first kappa shape index (κ1) is 12.7. The van der Waals surface area contributed by atoms with Crippen LogP contribution < -0.4 is 5.32 Å². The molecule has 0 radical (unpaired) electrons. The number of nitrogens with zero attached hydrogens (tertiary/aromatic N) is 2. The second-order valence-electron chi connectivity index (χ2n) is 3.79. The zero-order valence-electron chi connectivity index (χ0n) is 10.2. The highest BCUT2D eigenvalue weighted by atomic mass is 16.5. The van der Waals surface area contributed by atoms with Gasteiger partial charge in [0.05, 0.1) is 12.2 Å². The quantitative estimate of drug-likeness (QED) is 0.831. The van der Waals surface area contributed by atoms with Gasteiger partial charge in [0.15, 0.2) is 0 Å². The largest absolute Gasteiger partial charge is 0.372 e. The Hall–Kier alpha value is -1.36. The summed E-state index contributed by atoms with van der Waals surface area (Å²) in [4.78, 5) is 11.6. The first-order valence-electron chi connectivity index (χ1n) is 5.47. The van der Waals surface area contributed by atoms with Crippen LogP contribution in [0.4, 0.5) is 5.82 Å². The van der Waals surface area contributed by atoms with Crippen molar-refractivity contribution in [2.75, 3.05) is 12.4 Å². The van der Waals surface area contributed by atoms with E-state index in [9.17, 15) is 4.79 Å². The van der Waals surface area contributed by atoms with Gasteiger partial charge in [-0.3, -0.25) is 4.79 Å². The van der Waals surface area contributed by atoms with E-state index in [1.54, 1.807) is 23.9 Å². The Kier molecular flexibility index (Phi) is 4.49. The van der Waals surface area contributed by atoms with E-state index in [1.165, 1.54) is 7.11 Å². The Morgan fingerprint density at radius 2 is 2.31 bits per heavy atom. The summed E-state index contributed by atoms with van der Waals surface area (Å²) in [6, 6.07) is 2.05. The van der Waals surface area contributed by atoms with Gasteiger partial charge in [0.1, 0.15) is 11.9 Å². The Morgan fingerprint density at radius 1 is 1.62 bits per heavy atom. The van der Waals surface area contributed by atoms with Gasteiger partial charge < -0.3 is 10.1 Å². The van der Waals surface area contributed by atoms with Crippen LogP contribution in [0.15, 0.2) is 12.3 Å². The number of amides is 1. The lowest BCUT2D eigenvalue weighted by atomic mass is 10.3. The normalized spacial score (nSPS) is 14.5. The summed E-state index contributed by atoms with van der Waals surface area (Å²) in [7, 11) is 1.51. The summed E-state index contributed by atoms with van der Waals surface area (Å²) >= 11 is 0. The molecular weight excluding hydrogens is 206 g/mol. The van der Waals surface area contributed by atoms with Crippen LogP contribution in [0.3, 0.4) is 0 Å². The molecule has 5 heteroatoms. The third-order valence-electron chi connectivity index (χ3n) is 2.65. The maximum Gasteiger partial charge on any atom is 0.254 e. The highest BCUT2D eigenvalue weighted by Crippen LogP contribution is 2.16. The van der Waals surface area contributed by atoms with E-state index in [4.69, 9.17) is 4.74 Å². The lowest BCUT2D eigenvalue weighted by Gasteiger charge is -2.15. The van der Waals surface area contributed by atoms with E-state index in [-0.39, 0.29) is 11.9 Å². The maximum absolute atomic E-state index is 11.6. The number of hydrogen-bond acceptors (Lipinski definition) is 3. The Morgan fingerprint density at radius 3 is 2.88 bits per heavy atom. The van der Waals surface area contributed by atoms with Gasteiger partial charge in [-0.15, -0.1) is 0 Å². The van der Waals surface area contributed by atoms with Crippen molar-refractivity contribution in [2.24, 2.45) is 0 Å². The van der Waals surface area contributed by atoms with Crippen molar-refractivity contribution in [2.45, 2.75) is 39.3 Å². The smallest absolute Gasteiger partial charge is 0.254 e. The van der Waals surface area contributed by atoms with E-state index >= 15 is 0 Å². The number of carbonyl (C=O) groups is 1. The minimum absolute atomic E-state index is 0.160. The summed E-state index contributed by atoms with van der Waals surface area (Å²) in [5, 5.41) is 6.98. The van der Waals surface area contributed by atoms with Crippen LogP contribution in [0.25, 0.3) is 0 Å². The van der Waals surface area contributed by atoms with Crippen molar-refractivity contribution >= 4 is 11.7 Å². The molecule has 0 saturated heterocycles. The van der Waals surface area contributed by atoms with E-state index < -0.39 is 6.10 Å². The molecule has 2 unspecified atom stereocenters. The predicted octanol–water partition coefficient (Wildman–Crippen LogP) is 1.83. The van der Waals surface area contributed by atoms with E-state index in [0.29, 0.717) is 5.82 Å². The van der Waals surface area contributed by atoms with Gasteiger partial charge in [0.2, 0.25) is 0 Å². The molecule has 1 rings (SSSR count). The molecule has 0 saturated carbocycles. The van der Waals surface area contributed by atoms with Gasteiger partial charge in [0.25, 0.3) is 5.91 Å². The van der Waals surface area contributed by atoms with Crippen molar-refractivity contribution in [3.63, 3.8) is 0 Å². The minimum atomic E-state index is -0.458. The lowest BCUT2D eigenvalue weighted by molar-refractivity contribution is -0.124. The van der Waals surface area contributed by atoms with Gasteiger partial charge in [-0.1, -0.05) is 6.92 Å². The SMILES string of the molecule is CCC(C)n1nccc1NC(=O)C(C)OC. The standard InChI is InChI=1S/C11H19N3O2/c1-5-8(2)14-10(6-7-12-14)13-11(15)9(3)16-4/h6-9H,5H2,1-4H3,(H,13,15). The van der Waals surface area contributed by atoms with Crippen LogP contribution in [0.1, 0.15) is 33.2 Å². The van der Waals surface area contributed by atoms with Crippen molar-refractivity contribution in [1.29, 1.82) is 0 Å². The van der Waals surface area contributed by atoms with Crippen LogP contribution in [-0.4, -0.2) is 28.9 Å². The molecule has 0 spiro atoms. The zero-order valence-corrected chi connectivity index (χ0v) is 10.2. The number of anilines is 1. The number of carbonyl (C=O) groups excluding carboxylic acids is 1. The Labute approximate surface area is 95.8 Å². The van der Waals surface area contributed by atoms with Crippen molar-refractivity contribution in [3.8, 4) is 0 Å². The molecule has 5 nitrogen and oxygen atoms in total. The van der Waals surface area contributed by atoms with Gasteiger partial charge in [-0.25, -0.2) is 4.68 Å². The molecule has 0 fully saturated rings. The fourth-order valence-electron chi connectivity index (χ4n) is 1.27. The van der Waals surface area contributed by atoms with Crippen LogP contribution in [0, 0.1) is 0 Å². The summed E-state index contributed by atoms with van der Waals surface area (Å²) in [6.45, 7) is 5.84. The fourth-order valence-corrected chi connectivity index (χ4v) is 1.27. The van der Waals surface area contributed by atoms with Gasteiger partial charge in [-0.05, 0) is 20.3 Å². The molecular formula is C11H19N3O2. The second kappa shape index (κ2) is 5.65. The maximum atomic E-state index is 11.6. The monoisotopic (exact) mass is 225 g/mol. The molecule has 16 heavy (non-hydrogen) atoms. The van der Waals surface area contributed by atoms with Crippen molar-refractivity contribution in [1.82, 2.24) is 9.78 Å². The minimum Gasteiger partial charge on any atom is -0.372 e. The molecule has 0 aliphatic heterocycles. The lowest BCUT2D eigenvalue weighted by Crippen LogP contribution is -2.28. The van der Waals surface area contributed by atoms with E-state index in [1.807, 2.05) is 0 Å². The molecule has 0 aromatic carbocycles. The van der Waals surface area contributed by atoms with Crippen LogP contribution in [0.5, 0.6) is 0 Å². The molecule has 1 aromatic heterocycles. The highest BCUT2D eigenvalue weighted by Gasteiger charge is 2.15. The summed E-state index contributed by atoms with van der Waals surface area (Å²) < 4.78 is 6.75. The molecule has 1 amide bonds. The van der Waals surface area contributed by atoms with Gasteiger partial charge in [0, 0.05) is 13.2 Å². The molecule has 0 aliphatic rings. The van der Waals surface area contributed by atoms with E-state index in [0.717, 1.165) is 6.42 Å². The molecule has 0 aliphatic carbocycles. The molecule has 1 aromatic rings. The molecule has 90 valence electrons. The molecule has 1 heterocycles. The second-order valence-corrected chi connectivity index (χ2v) is 3.79. The third kappa shape index (κ3) is 2.82. The Balaban J connectivity index is 2.74. The molecule has 1 N–H and O–H groups in total. The first-order chi connectivity index (χ1) is 7.60.